The van der Waals surface area contributed by atoms with E-state index in [2.05, 4.69) is 29.0 Å². The van der Waals surface area contributed by atoms with E-state index in [1.807, 2.05) is 30.3 Å². The van der Waals surface area contributed by atoms with Gasteiger partial charge in [-0.25, -0.2) is 4.98 Å². The highest BCUT2D eigenvalue weighted by Gasteiger charge is 2.04. The van der Waals surface area contributed by atoms with E-state index in [-0.39, 0.29) is 5.56 Å². The third-order valence-electron chi connectivity index (χ3n) is 3.10. The summed E-state index contributed by atoms with van der Waals surface area (Å²) in [7, 11) is 0. The molecule has 0 saturated heterocycles. The van der Waals surface area contributed by atoms with Gasteiger partial charge in [-0.3, -0.25) is 4.79 Å². The van der Waals surface area contributed by atoms with E-state index in [9.17, 15) is 4.79 Å². The predicted octanol–water partition coefficient (Wildman–Crippen LogP) is 2.90. The van der Waals surface area contributed by atoms with Gasteiger partial charge < -0.3 is 4.98 Å². The van der Waals surface area contributed by atoms with Crippen molar-refractivity contribution >= 4 is 10.9 Å². The molecule has 1 N–H and O–H groups in total. The Balaban J connectivity index is 2.29. The highest BCUT2D eigenvalue weighted by Crippen LogP contribution is 2.24. The molecule has 0 aliphatic rings. The molecule has 0 aliphatic heterocycles. The summed E-state index contributed by atoms with van der Waals surface area (Å²) in [5.74, 6) is 0. The van der Waals surface area contributed by atoms with Crippen LogP contribution in [0, 0.1) is 6.92 Å². The Labute approximate surface area is 104 Å². The van der Waals surface area contributed by atoms with Gasteiger partial charge >= 0.3 is 0 Å². The van der Waals surface area contributed by atoms with Crippen LogP contribution >= 0.6 is 0 Å². The van der Waals surface area contributed by atoms with Crippen molar-refractivity contribution in [1.82, 2.24) is 9.97 Å². The van der Waals surface area contributed by atoms with Gasteiger partial charge in [0.05, 0.1) is 17.2 Å². The molecule has 3 nitrogen and oxygen atoms in total. The molecule has 0 atom stereocenters. The lowest BCUT2D eigenvalue weighted by Gasteiger charge is -2.06. The average Bonchev–Trinajstić information content (AvgIpc) is 2.40. The molecule has 3 heteroatoms. The molecule has 18 heavy (non-hydrogen) atoms. The van der Waals surface area contributed by atoms with Crippen LogP contribution in [0.4, 0.5) is 0 Å². The molecule has 1 heterocycles. The zero-order valence-electron chi connectivity index (χ0n) is 9.97. The summed E-state index contributed by atoms with van der Waals surface area (Å²) in [6.07, 6.45) is 1.43. The third-order valence-corrected chi connectivity index (χ3v) is 3.10. The number of fused-ring (bicyclic) bond motifs is 1. The van der Waals surface area contributed by atoms with Gasteiger partial charge in [-0.05, 0) is 35.7 Å². The van der Waals surface area contributed by atoms with Crippen LogP contribution in [0.15, 0.2) is 53.6 Å². The fraction of sp³-hybridized carbons (Fsp3) is 0.0667. The van der Waals surface area contributed by atoms with Gasteiger partial charge in [0.2, 0.25) is 0 Å². The topological polar surface area (TPSA) is 45.8 Å². The zero-order valence-corrected chi connectivity index (χ0v) is 9.97. The molecule has 0 radical (unpaired) electrons. The first-order valence-corrected chi connectivity index (χ1v) is 5.79. The molecule has 0 bridgehead atoms. The van der Waals surface area contributed by atoms with Crippen LogP contribution in [0.1, 0.15) is 5.56 Å². The van der Waals surface area contributed by atoms with Crippen LogP contribution in [0.2, 0.25) is 0 Å². The third kappa shape index (κ3) is 1.70. The quantitative estimate of drug-likeness (QED) is 0.706. The molecule has 0 saturated carbocycles. The van der Waals surface area contributed by atoms with Gasteiger partial charge in [0.1, 0.15) is 0 Å². The highest BCUT2D eigenvalue weighted by molar-refractivity contribution is 5.84. The number of aryl methyl sites for hydroxylation is 1. The van der Waals surface area contributed by atoms with Crippen molar-refractivity contribution < 1.29 is 0 Å². The van der Waals surface area contributed by atoms with Crippen LogP contribution in [-0.4, -0.2) is 9.97 Å². The number of hydrogen-bond acceptors (Lipinski definition) is 2. The molecule has 0 aliphatic carbocycles. The Bertz CT molecular complexity index is 775. The second kappa shape index (κ2) is 4.11. The average molecular weight is 236 g/mol. The minimum Gasteiger partial charge on any atom is -0.313 e. The summed E-state index contributed by atoms with van der Waals surface area (Å²) in [5, 5.41) is 0.623. The highest BCUT2D eigenvalue weighted by atomic mass is 16.1. The lowest BCUT2D eigenvalue weighted by molar-refractivity contribution is 1.17. The Hall–Kier alpha value is -2.42. The second-order valence-corrected chi connectivity index (χ2v) is 4.28. The van der Waals surface area contributed by atoms with E-state index in [0.717, 1.165) is 16.6 Å². The van der Waals surface area contributed by atoms with E-state index >= 15 is 0 Å². The molecule has 3 aromatic rings. The molecule has 0 fully saturated rings. The molecule has 88 valence electrons. The summed E-state index contributed by atoms with van der Waals surface area (Å²) in [6, 6.07) is 13.9. The van der Waals surface area contributed by atoms with Crippen molar-refractivity contribution in [3.63, 3.8) is 0 Å². The van der Waals surface area contributed by atoms with Crippen molar-refractivity contribution in [2.75, 3.05) is 0 Å². The van der Waals surface area contributed by atoms with Gasteiger partial charge in [0, 0.05) is 0 Å². The number of H-pyrrole nitrogens is 1. The Morgan fingerprint density at radius 2 is 1.94 bits per heavy atom. The van der Waals surface area contributed by atoms with E-state index in [0.29, 0.717) is 5.39 Å². The van der Waals surface area contributed by atoms with Crippen molar-refractivity contribution in [1.29, 1.82) is 0 Å². The first-order chi connectivity index (χ1) is 8.75. The predicted molar refractivity (Wildman–Crippen MR) is 72.5 cm³/mol. The molecule has 3 rings (SSSR count). The van der Waals surface area contributed by atoms with Crippen LogP contribution in [0.5, 0.6) is 0 Å². The smallest absolute Gasteiger partial charge is 0.258 e. The molecule has 2 aromatic carbocycles. The lowest BCUT2D eigenvalue weighted by Crippen LogP contribution is -2.06. The first kappa shape index (κ1) is 10.7. The molecule has 0 unspecified atom stereocenters. The van der Waals surface area contributed by atoms with Crippen molar-refractivity contribution in [2.24, 2.45) is 0 Å². The van der Waals surface area contributed by atoms with Crippen molar-refractivity contribution in [3.05, 3.63) is 64.7 Å². The Morgan fingerprint density at radius 1 is 1.11 bits per heavy atom. The number of rotatable bonds is 1. The molecule has 0 spiro atoms. The first-order valence-electron chi connectivity index (χ1n) is 5.79. The van der Waals surface area contributed by atoms with Gasteiger partial charge in [0.15, 0.2) is 0 Å². The van der Waals surface area contributed by atoms with E-state index in [1.165, 1.54) is 11.9 Å². The number of hydrogen-bond donors (Lipinski definition) is 1. The minimum atomic E-state index is -0.101. The van der Waals surface area contributed by atoms with Gasteiger partial charge in [0.25, 0.3) is 5.56 Å². The van der Waals surface area contributed by atoms with Crippen LogP contribution in [0.3, 0.4) is 0 Å². The minimum absolute atomic E-state index is 0.101. The SMILES string of the molecule is Cc1ccccc1-c1ccc2nc[nH]c(=O)c2c1. The Morgan fingerprint density at radius 3 is 2.78 bits per heavy atom. The molecule has 1 aromatic heterocycles. The maximum Gasteiger partial charge on any atom is 0.258 e. The van der Waals surface area contributed by atoms with Crippen molar-refractivity contribution in [2.45, 2.75) is 6.92 Å². The summed E-state index contributed by atoms with van der Waals surface area (Å²) < 4.78 is 0. The Kier molecular flexibility index (Phi) is 2.45. The largest absolute Gasteiger partial charge is 0.313 e. The van der Waals surface area contributed by atoms with Gasteiger partial charge in [-0.15, -0.1) is 0 Å². The number of aromatic amines is 1. The lowest BCUT2D eigenvalue weighted by atomic mass is 9.99. The van der Waals surface area contributed by atoms with E-state index in [1.54, 1.807) is 0 Å². The number of nitrogens with one attached hydrogen (secondary N) is 1. The van der Waals surface area contributed by atoms with Gasteiger partial charge in [-0.1, -0.05) is 30.3 Å². The summed E-state index contributed by atoms with van der Waals surface area (Å²) in [5.41, 5.74) is 3.99. The van der Waals surface area contributed by atoms with Crippen LogP contribution in [-0.2, 0) is 0 Å². The fourth-order valence-corrected chi connectivity index (χ4v) is 2.13. The van der Waals surface area contributed by atoms with Crippen LogP contribution < -0.4 is 5.56 Å². The second-order valence-electron chi connectivity index (χ2n) is 4.28. The summed E-state index contributed by atoms with van der Waals surface area (Å²) >= 11 is 0. The molecule has 0 amide bonds. The van der Waals surface area contributed by atoms with Crippen LogP contribution in [0.25, 0.3) is 22.0 Å². The summed E-state index contributed by atoms with van der Waals surface area (Å²) in [4.78, 5) is 18.5. The summed E-state index contributed by atoms with van der Waals surface area (Å²) in [6.45, 7) is 2.06. The zero-order chi connectivity index (χ0) is 12.5. The van der Waals surface area contributed by atoms with Crippen molar-refractivity contribution in [3.8, 4) is 11.1 Å². The number of nitrogens with zero attached hydrogens (tertiary/aromatic N) is 1. The van der Waals surface area contributed by atoms with Gasteiger partial charge in [-0.2, -0.15) is 0 Å². The number of benzene rings is 2. The number of aromatic nitrogens is 2. The van der Waals surface area contributed by atoms with E-state index in [4.69, 9.17) is 0 Å². The maximum absolute atomic E-state index is 11.8. The fourth-order valence-electron chi connectivity index (χ4n) is 2.13. The maximum atomic E-state index is 11.8. The monoisotopic (exact) mass is 236 g/mol. The normalized spacial score (nSPS) is 10.7. The van der Waals surface area contributed by atoms with E-state index < -0.39 is 0 Å². The molecular weight excluding hydrogens is 224 g/mol. The molecular formula is C15H12N2O. The standard InChI is InChI=1S/C15H12N2O/c1-10-4-2-3-5-12(10)11-6-7-14-13(8-11)15(18)17-9-16-14/h2-9H,1H3,(H,16,17,18).